The molecule has 0 saturated carbocycles. The Morgan fingerprint density at radius 3 is 2.59 bits per heavy atom. The van der Waals surface area contributed by atoms with Gasteiger partial charge in [0.15, 0.2) is 0 Å². The monoisotopic (exact) mass is 311 g/mol. The third-order valence-electron chi connectivity index (χ3n) is 2.36. The largest absolute Gasteiger partial charge is 0.487 e. The number of benzene rings is 2. The van der Waals surface area contributed by atoms with Gasteiger partial charge in [0.1, 0.15) is 12.4 Å². The van der Waals surface area contributed by atoms with Gasteiger partial charge in [-0.3, -0.25) is 0 Å². The average molecular weight is 313 g/mol. The third-order valence-corrected chi connectivity index (χ3v) is 3.42. The molecule has 17 heavy (non-hydrogen) atoms. The molecule has 2 nitrogen and oxygen atoms in total. The van der Waals surface area contributed by atoms with Gasteiger partial charge in [0.05, 0.1) is 5.02 Å². The molecule has 0 unspecified atom stereocenters. The summed E-state index contributed by atoms with van der Waals surface area (Å²) in [4.78, 5) is 0. The van der Waals surface area contributed by atoms with Gasteiger partial charge in [0, 0.05) is 15.7 Å². The molecule has 0 bridgehead atoms. The van der Waals surface area contributed by atoms with Crippen LogP contribution in [0.15, 0.2) is 46.9 Å². The van der Waals surface area contributed by atoms with Crippen LogP contribution in [0.4, 0.5) is 5.69 Å². The molecule has 2 aromatic rings. The fraction of sp³-hybridized carbons (Fsp3) is 0.0769. The van der Waals surface area contributed by atoms with Gasteiger partial charge in [-0.25, -0.2) is 0 Å². The first-order valence-corrected chi connectivity index (χ1v) is 6.26. The Morgan fingerprint density at radius 1 is 1.12 bits per heavy atom. The minimum atomic E-state index is 0.386. The number of nitrogens with two attached hydrogens (primary N) is 1. The molecule has 0 radical (unpaired) electrons. The fourth-order valence-electron chi connectivity index (χ4n) is 1.44. The van der Waals surface area contributed by atoms with Crippen LogP contribution < -0.4 is 10.5 Å². The number of nitrogen functional groups attached to an aromatic ring is 1. The topological polar surface area (TPSA) is 35.2 Å². The van der Waals surface area contributed by atoms with Gasteiger partial charge in [-0.15, -0.1) is 0 Å². The lowest BCUT2D eigenvalue weighted by molar-refractivity contribution is 0.306. The van der Waals surface area contributed by atoms with Crippen LogP contribution in [-0.4, -0.2) is 0 Å². The summed E-state index contributed by atoms with van der Waals surface area (Å²) in [5.74, 6) is 0.657. The lowest BCUT2D eigenvalue weighted by Gasteiger charge is -2.11. The van der Waals surface area contributed by atoms with Gasteiger partial charge < -0.3 is 10.5 Å². The van der Waals surface area contributed by atoms with Crippen LogP contribution in [0.5, 0.6) is 5.75 Å². The molecule has 0 heterocycles. The molecule has 0 aliphatic heterocycles. The molecule has 0 spiro atoms. The van der Waals surface area contributed by atoms with Crippen molar-refractivity contribution in [2.45, 2.75) is 6.61 Å². The van der Waals surface area contributed by atoms with Crippen LogP contribution >= 0.6 is 27.5 Å². The van der Waals surface area contributed by atoms with Crippen LogP contribution in [0.25, 0.3) is 0 Å². The first-order chi connectivity index (χ1) is 8.18. The van der Waals surface area contributed by atoms with Crippen molar-refractivity contribution < 1.29 is 4.74 Å². The van der Waals surface area contributed by atoms with Gasteiger partial charge in [-0.2, -0.15) is 0 Å². The Hall–Kier alpha value is -1.19. The van der Waals surface area contributed by atoms with Crippen molar-refractivity contribution in [1.29, 1.82) is 0 Å². The summed E-state index contributed by atoms with van der Waals surface area (Å²) < 4.78 is 6.58. The third kappa shape index (κ3) is 2.93. The molecule has 0 saturated heterocycles. The minimum Gasteiger partial charge on any atom is -0.487 e. The highest BCUT2D eigenvalue weighted by atomic mass is 79.9. The van der Waals surface area contributed by atoms with Crippen LogP contribution in [0.1, 0.15) is 5.56 Å². The zero-order chi connectivity index (χ0) is 12.3. The second kappa shape index (κ2) is 5.43. The van der Waals surface area contributed by atoms with Gasteiger partial charge in [-0.1, -0.05) is 45.7 Å². The number of hydrogen-bond acceptors (Lipinski definition) is 2. The Bertz CT molecular complexity index is 510. The lowest BCUT2D eigenvalue weighted by Crippen LogP contribution is -2.01. The van der Waals surface area contributed by atoms with E-state index in [1.807, 2.05) is 36.4 Å². The van der Waals surface area contributed by atoms with Crippen molar-refractivity contribution in [3.63, 3.8) is 0 Å². The lowest BCUT2D eigenvalue weighted by atomic mass is 10.2. The fourth-order valence-corrected chi connectivity index (χ4v) is 2.13. The smallest absolute Gasteiger partial charge is 0.138 e. The van der Waals surface area contributed by atoms with Crippen LogP contribution in [0.2, 0.25) is 5.02 Å². The van der Waals surface area contributed by atoms with Crippen molar-refractivity contribution in [3.05, 3.63) is 57.5 Å². The van der Waals surface area contributed by atoms with Crippen molar-refractivity contribution in [2.75, 3.05) is 5.73 Å². The molecule has 0 atom stereocenters. The molecule has 88 valence electrons. The van der Waals surface area contributed by atoms with Crippen LogP contribution in [0.3, 0.4) is 0 Å². The van der Waals surface area contributed by atoms with E-state index >= 15 is 0 Å². The highest BCUT2D eigenvalue weighted by molar-refractivity contribution is 9.10. The number of rotatable bonds is 3. The minimum absolute atomic E-state index is 0.386. The second-order valence-electron chi connectivity index (χ2n) is 3.53. The number of halogens is 2. The summed E-state index contributed by atoms with van der Waals surface area (Å²) in [6.07, 6.45) is 0. The highest BCUT2D eigenvalue weighted by Crippen LogP contribution is 2.27. The van der Waals surface area contributed by atoms with Gasteiger partial charge >= 0.3 is 0 Å². The highest BCUT2D eigenvalue weighted by Gasteiger charge is 2.06. The maximum Gasteiger partial charge on any atom is 0.138 e. The molecule has 4 heteroatoms. The molecular formula is C13H11BrClNO. The first kappa shape index (κ1) is 12.3. The van der Waals surface area contributed by atoms with Crippen molar-refractivity contribution in [3.8, 4) is 5.75 Å². The molecule has 2 aromatic carbocycles. The van der Waals surface area contributed by atoms with Crippen molar-refractivity contribution in [2.24, 2.45) is 0 Å². The summed E-state index contributed by atoms with van der Waals surface area (Å²) in [7, 11) is 0. The van der Waals surface area contributed by atoms with E-state index in [0.29, 0.717) is 23.1 Å². The van der Waals surface area contributed by atoms with E-state index in [4.69, 9.17) is 22.1 Å². The SMILES string of the molecule is Nc1cccc(Br)c1COc1ccccc1Cl. The summed E-state index contributed by atoms with van der Waals surface area (Å²) >= 11 is 9.45. The van der Waals surface area contributed by atoms with E-state index in [9.17, 15) is 0 Å². The number of para-hydroxylation sites is 1. The van der Waals surface area contributed by atoms with Crippen LogP contribution in [-0.2, 0) is 6.61 Å². The number of anilines is 1. The predicted molar refractivity (Wildman–Crippen MR) is 74.3 cm³/mol. The first-order valence-electron chi connectivity index (χ1n) is 5.08. The maximum atomic E-state index is 6.00. The average Bonchev–Trinajstić information content (AvgIpc) is 2.30. The maximum absolute atomic E-state index is 6.00. The molecule has 2 N–H and O–H groups in total. The molecule has 0 aliphatic rings. The quantitative estimate of drug-likeness (QED) is 0.859. The molecule has 0 fully saturated rings. The van der Waals surface area contributed by atoms with E-state index in [-0.39, 0.29) is 0 Å². The number of ether oxygens (including phenoxy) is 1. The summed E-state index contributed by atoms with van der Waals surface area (Å²) in [6.45, 7) is 0.386. The number of hydrogen-bond donors (Lipinski definition) is 1. The van der Waals surface area contributed by atoms with Crippen LogP contribution in [0, 0.1) is 0 Å². The summed E-state index contributed by atoms with van der Waals surface area (Å²) in [5, 5.41) is 0.595. The van der Waals surface area contributed by atoms with E-state index in [1.165, 1.54) is 0 Å². The van der Waals surface area contributed by atoms with E-state index in [2.05, 4.69) is 15.9 Å². The van der Waals surface area contributed by atoms with Crippen molar-refractivity contribution >= 4 is 33.2 Å². The molecule has 2 rings (SSSR count). The van der Waals surface area contributed by atoms with Crippen molar-refractivity contribution in [1.82, 2.24) is 0 Å². The molecule has 0 amide bonds. The van der Waals surface area contributed by atoms with E-state index in [0.717, 1.165) is 10.0 Å². The molecule has 0 aliphatic carbocycles. The Kier molecular flexibility index (Phi) is 3.92. The summed E-state index contributed by atoms with van der Waals surface area (Å²) in [6, 6.07) is 13.0. The van der Waals surface area contributed by atoms with E-state index in [1.54, 1.807) is 6.07 Å². The molecule has 0 aromatic heterocycles. The standard InChI is InChI=1S/C13H11BrClNO/c14-10-4-3-6-12(16)9(10)8-17-13-7-2-1-5-11(13)15/h1-7H,8,16H2. The zero-order valence-electron chi connectivity index (χ0n) is 8.99. The summed E-state index contributed by atoms with van der Waals surface area (Å²) in [5.41, 5.74) is 7.50. The Labute approximate surface area is 113 Å². The molecular weight excluding hydrogens is 302 g/mol. The normalized spacial score (nSPS) is 10.2. The Morgan fingerprint density at radius 2 is 1.88 bits per heavy atom. The van der Waals surface area contributed by atoms with E-state index < -0.39 is 0 Å². The predicted octanol–water partition coefficient (Wildman–Crippen LogP) is 4.26. The van der Waals surface area contributed by atoms with Gasteiger partial charge in [0.25, 0.3) is 0 Å². The second-order valence-corrected chi connectivity index (χ2v) is 4.79. The van der Waals surface area contributed by atoms with Gasteiger partial charge in [-0.05, 0) is 24.3 Å². The zero-order valence-corrected chi connectivity index (χ0v) is 11.3. The van der Waals surface area contributed by atoms with Gasteiger partial charge in [0.2, 0.25) is 0 Å². The Balaban J connectivity index is 2.16.